The summed E-state index contributed by atoms with van der Waals surface area (Å²) in [5.74, 6) is -8.36. The molecule has 0 bridgehead atoms. The lowest BCUT2D eigenvalue weighted by molar-refractivity contribution is -0.115. The van der Waals surface area contributed by atoms with Gasteiger partial charge in [0.1, 0.15) is 11.5 Å². The molecule has 4 rings (SSSR count). The molecule has 4 aromatic rings. The van der Waals surface area contributed by atoms with Crippen molar-refractivity contribution in [1.29, 1.82) is 0 Å². The van der Waals surface area contributed by atoms with Crippen molar-refractivity contribution in [3.8, 4) is 22.5 Å². The Kier molecular flexibility index (Phi) is 6.36. The summed E-state index contributed by atoms with van der Waals surface area (Å²) in [7, 11) is 0. The van der Waals surface area contributed by atoms with E-state index in [0.717, 1.165) is 6.92 Å². The van der Waals surface area contributed by atoms with Gasteiger partial charge in [-0.25, -0.2) is 31.9 Å². The number of anilines is 1. The fourth-order valence-electron chi connectivity index (χ4n) is 3.37. The zero-order chi connectivity index (χ0) is 24.4. The fraction of sp³-hybridized carbons (Fsp3) is 0.0800. The monoisotopic (exact) mass is 469 g/mol. The quantitative estimate of drug-likeness (QED) is 0.222. The molecule has 1 amide bonds. The molecule has 172 valence electrons. The first-order chi connectivity index (χ1) is 16.3. The van der Waals surface area contributed by atoms with E-state index in [2.05, 4.69) is 15.3 Å². The number of amides is 1. The Morgan fingerprint density at radius 1 is 0.824 bits per heavy atom. The number of rotatable bonds is 5. The average molecular weight is 469 g/mol. The normalized spacial score (nSPS) is 10.9. The van der Waals surface area contributed by atoms with Crippen molar-refractivity contribution in [3.63, 3.8) is 0 Å². The first-order valence-corrected chi connectivity index (χ1v) is 10.1. The minimum absolute atomic E-state index is 0.0168. The number of carbonyl (C=O) groups excluding carboxylic acids is 1. The molecule has 34 heavy (non-hydrogen) atoms. The van der Waals surface area contributed by atoms with E-state index in [1.165, 1.54) is 30.5 Å². The molecular weight excluding hydrogens is 453 g/mol. The third-order valence-electron chi connectivity index (χ3n) is 5.18. The van der Waals surface area contributed by atoms with Crippen molar-refractivity contribution < 1.29 is 26.7 Å². The maximum Gasteiger partial charge on any atom is 0.230 e. The maximum atomic E-state index is 14.2. The predicted molar refractivity (Wildman–Crippen MR) is 116 cm³/mol. The Hall–Kier alpha value is -4.14. The van der Waals surface area contributed by atoms with Crippen molar-refractivity contribution in [1.82, 2.24) is 9.97 Å². The van der Waals surface area contributed by atoms with E-state index in [0.29, 0.717) is 16.8 Å². The van der Waals surface area contributed by atoms with Crippen LogP contribution in [0.2, 0.25) is 0 Å². The first-order valence-electron chi connectivity index (χ1n) is 10.1. The fourth-order valence-corrected chi connectivity index (χ4v) is 3.37. The molecule has 9 heteroatoms. The number of hydrogen-bond donors (Lipinski definition) is 1. The van der Waals surface area contributed by atoms with Gasteiger partial charge in [-0.2, -0.15) is 0 Å². The number of nitrogens with one attached hydrogen (secondary N) is 1. The standard InChI is InChI=1S/C25H16F5N3O/c1-13-17(21(28)23(30)22(29)20(13)27)11-19(34)33-25-24(15-5-3-2-4-6-15)32-18(12-31-25)14-7-9-16(26)10-8-14/h2-10,12H,11H2,1H3,(H,31,33,34). The summed E-state index contributed by atoms with van der Waals surface area (Å²) in [6.45, 7) is 1.05. The third-order valence-corrected chi connectivity index (χ3v) is 5.18. The second-order valence-electron chi connectivity index (χ2n) is 7.41. The van der Waals surface area contributed by atoms with Crippen LogP contribution < -0.4 is 5.32 Å². The van der Waals surface area contributed by atoms with Gasteiger partial charge in [-0.15, -0.1) is 0 Å². The van der Waals surface area contributed by atoms with Gasteiger partial charge in [-0.3, -0.25) is 4.79 Å². The maximum absolute atomic E-state index is 14.2. The zero-order valence-corrected chi connectivity index (χ0v) is 17.7. The molecule has 0 aliphatic heterocycles. The van der Waals surface area contributed by atoms with E-state index >= 15 is 0 Å². The molecule has 0 saturated carbocycles. The molecule has 0 unspecified atom stereocenters. The minimum atomic E-state index is -1.99. The van der Waals surface area contributed by atoms with Crippen LogP contribution in [-0.4, -0.2) is 15.9 Å². The second kappa shape index (κ2) is 9.38. The smallest absolute Gasteiger partial charge is 0.230 e. The molecule has 0 spiro atoms. The Bertz CT molecular complexity index is 1350. The second-order valence-corrected chi connectivity index (χ2v) is 7.41. The molecule has 0 saturated heterocycles. The number of hydrogen-bond acceptors (Lipinski definition) is 3. The molecule has 0 atom stereocenters. The van der Waals surface area contributed by atoms with Crippen molar-refractivity contribution in [2.75, 3.05) is 5.32 Å². The van der Waals surface area contributed by atoms with E-state index in [9.17, 15) is 26.7 Å². The van der Waals surface area contributed by atoms with Crippen LogP contribution in [0, 0.1) is 36.0 Å². The SMILES string of the molecule is Cc1c(F)c(F)c(F)c(F)c1CC(=O)Nc1ncc(-c2ccc(F)cc2)nc1-c1ccccc1. The van der Waals surface area contributed by atoms with Gasteiger partial charge in [0.25, 0.3) is 0 Å². The molecule has 0 fully saturated rings. The van der Waals surface area contributed by atoms with Crippen LogP contribution in [0.5, 0.6) is 0 Å². The predicted octanol–water partition coefficient (Wildman–Crippen LogP) is 6.00. The molecule has 1 aromatic heterocycles. The molecule has 1 N–H and O–H groups in total. The summed E-state index contributed by atoms with van der Waals surface area (Å²) in [5.41, 5.74) is 0.735. The highest BCUT2D eigenvalue weighted by molar-refractivity contribution is 5.95. The van der Waals surface area contributed by atoms with Gasteiger partial charge >= 0.3 is 0 Å². The van der Waals surface area contributed by atoms with Crippen LogP contribution in [0.3, 0.4) is 0 Å². The largest absolute Gasteiger partial charge is 0.309 e. The van der Waals surface area contributed by atoms with Gasteiger partial charge < -0.3 is 5.32 Å². The van der Waals surface area contributed by atoms with E-state index in [1.807, 2.05) is 0 Å². The Morgan fingerprint density at radius 2 is 1.47 bits per heavy atom. The number of benzene rings is 3. The average Bonchev–Trinajstić information content (AvgIpc) is 2.85. The van der Waals surface area contributed by atoms with E-state index in [4.69, 9.17) is 0 Å². The lowest BCUT2D eigenvalue weighted by atomic mass is 10.0. The van der Waals surface area contributed by atoms with Crippen LogP contribution in [-0.2, 0) is 11.2 Å². The highest BCUT2D eigenvalue weighted by Gasteiger charge is 2.25. The summed E-state index contributed by atoms with van der Waals surface area (Å²) in [6.07, 6.45) is 0.597. The van der Waals surface area contributed by atoms with Gasteiger partial charge in [-0.1, -0.05) is 30.3 Å². The number of aromatic nitrogens is 2. The summed E-state index contributed by atoms with van der Waals surface area (Å²) < 4.78 is 68.4. The molecule has 1 heterocycles. The lowest BCUT2D eigenvalue weighted by Gasteiger charge is -2.13. The van der Waals surface area contributed by atoms with Crippen molar-refractivity contribution in [3.05, 3.63) is 101 Å². The van der Waals surface area contributed by atoms with E-state index in [-0.39, 0.29) is 11.5 Å². The molecule has 0 aliphatic rings. The number of carbonyl (C=O) groups is 1. The van der Waals surface area contributed by atoms with Gasteiger partial charge in [0.05, 0.1) is 18.3 Å². The Labute approximate surface area is 191 Å². The summed E-state index contributed by atoms with van der Waals surface area (Å²) >= 11 is 0. The molecule has 0 radical (unpaired) electrons. The van der Waals surface area contributed by atoms with Crippen molar-refractivity contribution in [2.45, 2.75) is 13.3 Å². The molecular formula is C25H16F5N3O. The van der Waals surface area contributed by atoms with Crippen molar-refractivity contribution >= 4 is 11.7 Å². The van der Waals surface area contributed by atoms with E-state index in [1.54, 1.807) is 30.3 Å². The van der Waals surface area contributed by atoms with Crippen LogP contribution in [0.1, 0.15) is 11.1 Å². The third kappa shape index (κ3) is 4.50. The summed E-state index contributed by atoms with van der Waals surface area (Å²) in [4.78, 5) is 21.4. The number of halogens is 5. The number of nitrogens with zero attached hydrogens (tertiary/aromatic N) is 2. The zero-order valence-electron chi connectivity index (χ0n) is 17.7. The minimum Gasteiger partial charge on any atom is -0.309 e. The van der Waals surface area contributed by atoms with Crippen LogP contribution >= 0.6 is 0 Å². The lowest BCUT2D eigenvalue weighted by Crippen LogP contribution is -2.19. The first kappa shape index (κ1) is 23.0. The molecule has 0 aliphatic carbocycles. The highest BCUT2D eigenvalue weighted by Crippen LogP contribution is 2.29. The Balaban J connectivity index is 1.69. The van der Waals surface area contributed by atoms with Crippen molar-refractivity contribution in [2.24, 2.45) is 0 Å². The van der Waals surface area contributed by atoms with Gasteiger partial charge in [0, 0.05) is 16.7 Å². The van der Waals surface area contributed by atoms with Crippen LogP contribution in [0.4, 0.5) is 27.8 Å². The van der Waals surface area contributed by atoms with Crippen LogP contribution in [0.25, 0.3) is 22.5 Å². The Morgan fingerprint density at radius 3 is 2.15 bits per heavy atom. The van der Waals surface area contributed by atoms with Gasteiger partial charge in [0.15, 0.2) is 29.1 Å². The molecule has 3 aromatic carbocycles. The van der Waals surface area contributed by atoms with Gasteiger partial charge in [-0.05, 0) is 36.8 Å². The summed E-state index contributed by atoms with van der Waals surface area (Å²) in [5, 5.41) is 2.48. The van der Waals surface area contributed by atoms with E-state index < -0.39 is 52.5 Å². The molecule has 4 nitrogen and oxygen atoms in total. The van der Waals surface area contributed by atoms with Gasteiger partial charge in [0.2, 0.25) is 5.91 Å². The van der Waals surface area contributed by atoms with Crippen LogP contribution in [0.15, 0.2) is 60.8 Å². The highest BCUT2D eigenvalue weighted by atomic mass is 19.2. The summed E-state index contributed by atoms with van der Waals surface area (Å²) in [6, 6.07) is 14.3. The topological polar surface area (TPSA) is 54.9 Å².